The summed E-state index contributed by atoms with van der Waals surface area (Å²) in [7, 11) is 0. The minimum Gasteiger partial charge on any atom is -0.370 e. The first-order valence-corrected chi connectivity index (χ1v) is 6.77. The van der Waals surface area contributed by atoms with Gasteiger partial charge in [0, 0.05) is 6.54 Å². The van der Waals surface area contributed by atoms with Crippen LogP contribution in [-0.4, -0.2) is 27.3 Å². The Labute approximate surface area is 118 Å². The summed E-state index contributed by atoms with van der Waals surface area (Å²) in [5, 5.41) is 7.17. The maximum Gasteiger partial charge on any atom is 0.188 e. The van der Waals surface area contributed by atoms with E-state index in [0.717, 1.165) is 30.6 Å². The highest BCUT2D eigenvalue weighted by Crippen LogP contribution is 2.08. The lowest BCUT2D eigenvalue weighted by molar-refractivity contribution is 0.748. The molecule has 0 spiro atoms. The first-order valence-electron chi connectivity index (χ1n) is 6.77. The summed E-state index contributed by atoms with van der Waals surface area (Å²) < 4.78 is 1.72. The Balaban J connectivity index is 1.89. The van der Waals surface area contributed by atoms with Gasteiger partial charge in [0.1, 0.15) is 12.7 Å². The number of aliphatic imine (C=N–C) groups is 1. The van der Waals surface area contributed by atoms with E-state index < -0.39 is 0 Å². The van der Waals surface area contributed by atoms with E-state index in [1.54, 1.807) is 11.0 Å². The third-order valence-electron chi connectivity index (χ3n) is 2.89. The van der Waals surface area contributed by atoms with Gasteiger partial charge in [0.05, 0.1) is 12.2 Å². The van der Waals surface area contributed by atoms with Crippen molar-refractivity contribution < 1.29 is 0 Å². The van der Waals surface area contributed by atoms with Gasteiger partial charge in [-0.2, -0.15) is 5.10 Å². The molecule has 0 saturated heterocycles. The van der Waals surface area contributed by atoms with Crippen molar-refractivity contribution in [3.8, 4) is 5.69 Å². The Kier molecular flexibility index (Phi) is 5.11. The van der Waals surface area contributed by atoms with E-state index in [4.69, 9.17) is 5.73 Å². The summed E-state index contributed by atoms with van der Waals surface area (Å²) >= 11 is 0. The van der Waals surface area contributed by atoms with Crippen molar-refractivity contribution in [1.82, 2.24) is 20.1 Å². The predicted octanol–water partition coefficient (Wildman–Crippen LogP) is 1.47. The fraction of sp³-hybridized carbons (Fsp3) is 0.357. The molecule has 0 aliphatic carbocycles. The quantitative estimate of drug-likeness (QED) is 0.474. The molecule has 0 amide bonds. The van der Waals surface area contributed by atoms with Crippen LogP contribution in [0, 0.1) is 0 Å². The molecule has 1 heterocycles. The van der Waals surface area contributed by atoms with Crippen LogP contribution in [0.15, 0.2) is 41.9 Å². The molecule has 0 atom stereocenters. The van der Waals surface area contributed by atoms with Gasteiger partial charge >= 0.3 is 0 Å². The van der Waals surface area contributed by atoms with Crippen molar-refractivity contribution in [3.05, 3.63) is 42.5 Å². The fourth-order valence-electron chi connectivity index (χ4n) is 1.72. The number of aromatic nitrogens is 3. The van der Waals surface area contributed by atoms with Gasteiger partial charge in [-0.05, 0) is 24.1 Å². The molecule has 1 aromatic heterocycles. The van der Waals surface area contributed by atoms with E-state index in [2.05, 4.69) is 27.3 Å². The van der Waals surface area contributed by atoms with Gasteiger partial charge in [-0.3, -0.25) is 0 Å². The third kappa shape index (κ3) is 4.08. The van der Waals surface area contributed by atoms with Crippen molar-refractivity contribution in [2.24, 2.45) is 10.7 Å². The number of nitrogens with two attached hydrogens (primary N) is 1. The van der Waals surface area contributed by atoms with E-state index in [-0.39, 0.29) is 0 Å². The summed E-state index contributed by atoms with van der Waals surface area (Å²) in [5.41, 5.74) is 7.87. The number of nitrogens with one attached hydrogen (secondary N) is 1. The molecule has 6 heteroatoms. The molecule has 106 valence electrons. The SMILES string of the molecule is CCCCNC(N)=NCc1ccc(-n2cncn2)cc1. The van der Waals surface area contributed by atoms with E-state index >= 15 is 0 Å². The second-order valence-electron chi connectivity index (χ2n) is 4.49. The molecular weight excluding hydrogens is 252 g/mol. The summed E-state index contributed by atoms with van der Waals surface area (Å²) in [6.45, 7) is 3.59. The van der Waals surface area contributed by atoms with Crippen molar-refractivity contribution in [2.45, 2.75) is 26.3 Å². The molecule has 0 unspecified atom stereocenters. The van der Waals surface area contributed by atoms with Crippen LogP contribution in [0.1, 0.15) is 25.3 Å². The van der Waals surface area contributed by atoms with Crippen molar-refractivity contribution in [2.75, 3.05) is 6.54 Å². The number of nitrogens with zero attached hydrogens (tertiary/aromatic N) is 4. The van der Waals surface area contributed by atoms with Crippen LogP contribution < -0.4 is 11.1 Å². The van der Waals surface area contributed by atoms with Crippen molar-refractivity contribution in [1.29, 1.82) is 0 Å². The van der Waals surface area contributed by atoms with Gasteiger partial charge in [-0.25, -0.2) is 14.7 Å². The molecule has 0 aliphatic rings. The molecule has 1 aromatic carbocycles. The summed E-state index contributed by atoms with van der Waals surface area (Å²) in [6, 6.07) is 8.00. The molecule has 20 heavy (non-hydrogen) atoms. The molecular formula is C14H20N6. The Hall–Kier alpha value is -2.37. The first-order chi connectivity index (χ1) is 9.79. The number of unbranched alkanes of at least 4 members (excludes halogenated alkanes) is 1. The van der Waals surface area contributed by atoms with Gasteiger partial charge < -0.3 is 11.1 Å². The van der Waals surface area contributed by atoms with Crippen LogP contribution in [0.3, 0.4) is 0 Å². The molecule has 2 aromatic rings. The molecule has 6 nitrogen and oxygen atoms in total. The molecule has 0 saturated carbocycles. The summed E-state index contributed by atoms with van der Waals surface area (Å²) in [6.07, 6.45) is 5.43. The van der Waals surface area contributed by atoms with Crippen LogP contribution in [0.5, 0.6) is 0 Å². The number of guanidine groups is 1. The van der Waals surface area contributed by atoms with Crippen LogP contribution in [0.4, 0.5) is 0 Å². The smallest absolute Gasteiger partial charge is 0.188 e. The van der Waals surface area contributed by atoms with E-state index in [1.165, 1.54) is 6.33 Å². The number of hydrogen-bond acceptors (Lipinski definition) is 3. The van der Waals surface area contributed by atoms with Crippen molar-refractivity contribution in [3.63, 3.8) is 0 Å². The van der Waals surface area contributed by atoms with E-state index in [1.807, 2.05) is 24.3 Å². The zero-order valence-electron chi connectivity index (χ0n) is 11.7. The highest BCUT2D eigenvalue weighted by atomic mass is 15.3. The minimum atomic E-state index is 0.499. The average Bonchev–Trinajstić information content (AvgIpc) is 3.00. The molecule has 0 fully saturated rings. The number of benzene rings is 1. The third-order valence-corrected chi connectivity index (χ3v) is 2.89. The lowest BCUT2D eigenvalue weighted by Gasteiger charge is -2.05. The van der Waals surface area contributed by atoms with Gasteiger partial charge in [0.2, 0.25) is 0 Å². The standard InChI is InChI=1S/C14H20N6/c1-2-3-8-17-14(15)18-9-12-4-6-13(7-5-12)20-11-16-10-19-20/h4-7,10-11H,2-3,8-9H2,1H3,(H3,15,17,18). The fourth-order valence-corrected chi connectivity index (χ4v) is 1.72. The second-order valence-corrected chi connectivity index (χ2v) is 4.49. The van der Waals surface area contributed by atoms with Gasteiger partial charge in [-0.15, -0.1) is 0 Å². The molecule has 0 radical (unpaired) electrons. The molecule has 0 bridgehead atoms. The Morgan fingerprint density at radius 3 is 2.80 bits per heavy atom. The zero-order valence-corrected chi connectivity index (χ0v) is 11.7. The van der Waals surface area contributed by atoms with Gasteiger partial charge in [0.25, 0.3) is 0 Å². The zero-order chi connectivity index (χ0) is 14.2. The van der Waals surface area contributed by atoms with Gasteiger partial charge in [0.15, 0.2) is 5.96 Å². The normalized spacial score (nSPS) is 11.6. The molecule has 3 N–H and O–H groups in total. The predicted molar refractivity (Wildman–Crippen MR) is 79.6 cm³/mol. The van der Waals surface area contributed by atoms with Crippen LogP contribution in [0.2, 0.25) is 0 Å². The van der Waals surface area contributed by atoms with E-state index in [0.29, 0.717) is 12.5 Å². The number of hydrogen-bond donors (Lipinski definition) is 2. The lowest BCUT2D eigenvalue weighted by Crippen LogP contribution is -2.32. The van der Waals surface area contributed by atoms with E-state index in [9.17, 15) is 0 Å². The van der Waals surface area contributed by atoms with Gasteiger partial charge in [-0.1, -0.05) is 25.5 Å². The number of rotatable bonds is 6. The highest BCUT2D eigenvalue weighted by molar-refractivity contribution is 5.77. The van der Waals surface area contributed by atoms with Crippen LogP contribution >= 0.6 is 0 Å². The van der Waals surface area contributed by atoms with Crippen LogP contribution in [0.25, 0.3) is 5.69 Å². The Morgan fingerprint density at radius 2 is 2.15 bits per heavy atom. The highest BCUT2D eigenvalue weighted by Gasteiger charge is 1.97. The average molecular weight is 272 g/mol. The molecule has 0 aliphatic heterocycles. The maximum atomic E-state index is 5.79. The Bertz CT molecular complexity index is 529. The van der Waals surface area contributed by atoms with Crippen molar-refractivity contribution >= 4 is 5.96 Å². The monoisotopic (exact) mass is 272 g/mol. The molecule has 2 rings (SSSR count). The summed E-state index contributed by atoms with van der Waals surface area (Å²) in [5.74, 6) is 0.499. The summed E-state index contributed by atoms with van der Waals surface area (Å²) in [4.78, 5) is 8.23. The second kappa shape index (κ2) is 7.28. The largest absolute Gasteiger partial charge is 0.370 e. The topological polar surface area (TPSA) is 81.1 Å². The Morgan fingerprint density at radius 1 is 1.35 bits per heavy atom. The maximum absolute atomic E-state index is 5.79. The minimum absolute atomic E-state index is 0.499. The lowest BCUT2D eigenvalue weighted by atomic mass is 10.2. The first kappa shape index (κ1) is 14.0. The van der Waals surface area contributed by atoms with Crippen LogP contribution in [-0.2, 0) is 6.54 Å².